The second-order valence-corrected chi connectivity index (χ2v) is 8.96. The Morgan fingerprint density at radius 3 is 2.69 bits per heavy atom. The van der Waals surface area contributed by atoms with Gasteiger partial charge in [0.15, 0.2) is 0 Å². The van der Waals surface area contributed by atoms with E-state index in [9.17, 15) is 4.79 Å². The number of nitrogens with two attached hydrogens (primary N) is 1. The highest BCUT2D eigenvalue weighted by Gasteiger charge is 2.26. The van der Waals surface area contributed by atoms with E-state index in [2.05, 4.69) is 21.3 Å². The smallest absolute Gasteiger partial charge is 0.265 e. The molecule has 3 N–H and O–H groups in total. The fourth-order valence-corrected chi connectivity index (χ4v) is 4.73. The molecule has 1 fully saturated rings. The summed E-state index contributed by atoms with van der Waals surface area (Å²) < 4.78 is 10.6. The number of hydrogen-bond donors (Lipinski definition) is 2. The van der Waals surface area contributed by atoms with E-state index in [-0.39, 0.29) is 6.04 Å². The number of nitrogens with zero attached hydrogens (tertiary/aromatic N) is 3. The second kappa shape index (κ2) is 12.5. The predicted molar refractivity (Wildman–Crippen MR) is 135 cm³/mol. The molecule has 0 saturated carbocycles. The number of thiazole rings is 1. The average Bonchev–Trinajstić information content (AvgIpc) is 3.67. The summed E-state index contributed by atoms with van der Waals surface area (Å²) in [4.78, 5) is 25.9. The van der Waals surface area contributed by atoms with Crippen molar-refractivity contribution in [3.8, 4) is 17.0 Å². The lowest BCUT2D eigenvalue weighted by Crippen LogP contribution is -2.38. The number of aromatic nitrogens is 2. The molecule has 3 aromatic rings. The highest BCUT2D eigenvalue weighted by molar-refractivity contribution is 7.10. The minimum atomic E-state index is -0.421. The molecule has 4 heterocycles. The van der Waals surface area contributed by atoms with Gasteiger partial charge in [0, 0.05) is 36.8 Å². The van der Waals surface area contributed by atoms with Gasteiger partial charge >= 0.3 is 0 Å². The molecule has 1 unspecified atom stereocenters. The third-order valence-electron chi connectivity index (χ3n) is 5.75. The summed E-state index contributed by atoms with van der Waals surface area (Å²) in [5.41, 5.74) is 7.43. The van der Waals surface area contributed by atoms with Crippen LogP contribution in [0.3, 0.4) is 0 Å². The first-order valence-electron chi connectivity index (χ1n) is 11.6. The van der Waals surface area contributed by atoms with Gasteiger partial charge in [0.05, 0.1) is 26.0 Å². The zero-order chi connectivity index (χ0) is 24.5. The van der Waals surface area contributed by atoms with Gasteiger partial charge < -0.3 is 25.0 Å². The third-order valence-corrected chi connectivity index (χ3v) is 6.66. The molecule has 0 aliphatic carbocycles. The second-order valence-electron chi connectivity index (χ2n) is 8.07. The summed E-state index contributed by atoms with van der Waals surface area (Å²) >= 11 is 1.67. The number of carbonyl (C=O) groups is 1. The van der Waals surface area contributed by atoms with Crippen molar-refractivity contribution < 1.29 is 19.1 Å². The number of aromatic amines is 1. The Morgan fingerprint density at radius 2 is 2.03 bits per heavy atom. The van der Waals surface area contributed by atoms with Gasteiger partial charge in [-0.05, 0) is 55.4 Å². The van der Waals surface area contributed by atoms with Gasteiger partial charge in [-0.1, -0.05) is 0 Å². The number of amides is 1. The fourth-order valence-electron chi connectivity index (χ4n) is 3.82. The number of nitrogens with one attached hydrogen (secondary N) is 1. The van der Waals surface area contributed by atoms with Gasteiger partial charge in [-0.25, -0.2) is 4.98 Å². The largest absolute Gasteiger partial charge is 0.497 e. The van der Waals surface area contributed by atoms with E-state index >= 15 is 0 Å². The van der Waals surface area contributed by atoms with E-state index in [1.165, 1.54) is 0 Å². The van der Waals surface area contributed by atoms with Gasteiger partial charge in [-0.15, -0.1) is 16.4 Å². The Morgan fingerprint density at radius 1 is 1.23 bits per heavy atom. The molecule has 9 nitrogen and oxygen atoms in total. The molecule has 0 bridgehead atoms. The summed E-state index contributed by atoms with van der Waals surface area (Å²) in [6.07, 6.45) is 6.56. The molecule has 0 radical (unpaired) electrons. The highest BCUT2D eigenvalue weighted by Crippen LogP contribution is 2.33. The summed E-state index contributed by atoms with van der Waals surface area (Å²) in [6.45, 7) is 5.70. The Bertz CT molecular complexity index is 1080. The van der Waals surface area contributed by atoms with Crippen molar-refractivity contribution in [2.24, 2.45) is 5.73 Å². The maximum Gasteiger partial charge on any atom is 0.265 e. The van der Waals surface area contributed by atoms with E-state index in [0.717, 1.165) is 67.8 Å². The Balaban J connectivity index is 0.000000308. The molecule has 5 rings (SSSR count). The molecule has 1 aromatic carbocycles. The first-order valence-corrected chi connectivity index (χ1v) is 12.5. The molecule has 186 valence electrons. The van der Waals surface area contributed by atoms with Gasteiger partial charge in [-0.3, -0.25) is 9.69 Å². The van der Waals surface area contributed by atoms with Crippen LogP contribution in [0.2, 0.25) is 0 Å². The maximum atomic E-state index is 10.3. The molecule has 35 heavy (non-hydrogen) atoms. The molecule has 1 atom stereocenters. The maximum absolute atomic E-state index is 10.3. The number of carbonyl (C=O) groups excluding carboxylic acids is 1. The Labute approximate surface area is 209 Å². The number of rotatable bonds is 8. The van der Waals surface area contributed by atoms with Gasteiger partial charge in [0.1, 0.15) is 28.8 Å². The van der Waals surface area contributed by atoms with Crippen molar-refractivity contribution in [2.75, 3.05) is 46.5 Å². The number of ether oxygens (including phenoxy) is 2. The quantitative estimate of drug-likeness (QED) is 0.491. The molecule has 2 aliphatic heterocycles. The van der Waals surface area contributed by atoms with Crippen molar-refractivity contribution in [1.82, 2.24) is 19.9 Å². The van der Waals surface area contributed by atoms with Crippen LogP contribution in [0.1, 0.15) is 28.0 Å². The number of primary amides is 1. The number of hydrogen-bond acceptors (Lipinski definition) is 8. The van der Waals surface area contributed by atoms with E-state index < -0.39 is 5.91 Å². The lowest BCUT2D eigenvalue weighted by atomic mass is 10.2. The van der Waals surface area contributed by atoms with E-state index in [4.69, 9.17) is 25.0 Å². The standard InChI is InChI=1S/C20H25N3O3S.C5H6N2O/c1-24-17-5-3-16(4-6-17)18-15-27-20(21-18)19-7-12-26-23(19)9-2-8-22-10-13-25-14-11-22;6-5(8)4-2-1-3-7-4/h3-7,12,15,19H,2,8-11,13-14H2,1H3;1-3,7H,(H2,6,8). The van der Waals surface area contributed by atoms with Crippen LogP contribution < -0.4 is 10.5 Å². The molecular weight excluding hydrogens is 466 g/mol. The van der Waals surface area contributed by atoms with Crippen LogP contribution in [-0.2, 0) is 9.57 Å². The predicted octanol–water partition coefficient (Wildman–Crippen LogP) is 3.46. The number of benzene rings is 1. The van der Waals surface area contributed by atoms with Crippen molar-refractivity contribution in [3.63, 3.8) is 0 Å². The van der Waals surface area contributed by atoms with E-state index in [0.29, 0.717) is 5.69 Å². The van der Waals surface area contributed by atoms with Crippen molar-refractivity contribution in [1.29, 1.82) is 0 Å². The summed E-state index contributed by atoms with van der Waals surface area (Å²) in [5, 5.41) is 5.19. The van der Waals surface area contributed by atoms with Gasteiger partial charge in [0.2, 0.25) is 0 Å². The normalized spacial score (nSPS) is 18.0. The van der Waals surface area contributed by atoms with Crippen molar-refractivity contribution >= 4 is 17.2 Å². The lowest BCUT2D eigenvalue weighted by Gasteiger charge is -2.27. The van der Waals surface area contributed by atoms with Gasteiger partial charge in [-0.2, -0.15) is 0 Å². The molecule has 2 aliphatic rings. The Hall–Kier alpha value is -3.18. The fraction of sp³-hybridized carbons (Fsp3) is 0.360. The average molecular weight is 498 g/mol. The van der Waals surface area contributed by atoms with Crippen LogP contribution in [0.5, 0.6) is 5.75 Å². The first-order chi connectivity index (χ1) is 17.1. The lowest BCUT2D eigenvalue weighted by molar-refractivity contribution is -0.107. The van der Waals surface area contributed by atoms with E-state index in [1.54, 1.807) is 43.0 Å². The summed E-state index contributed by atoms with van der Waals surface area (Å²) in [5.74, 6) is 0.433. The molecular formula is C25H31N5O4S. The number of H-pyrrole nitrogens is 1. The van der Waals surface area contributed by atoms with Crippen LogP contribution in [0.25, 0.3) is 11.3 Å². The Kier molecular flexibility index (Phi) is 8.90. The van der Waals surface area contributed by atoms with Crippen LogP contribution in [0.15, 0.2) is 60.3 Å². The summed E-state index contributed by atoms with van der Waals surface area (Å²) in [6, 6.07) is 11.4. The number of morpholine rings is 1. The molecule has 10 heteroatoms. The molecule has 1 saturated heterocycles. The van der Waals surface area contributed by atoms with Gasteiger partial charge in [0.25, 0.3) is 5.91 Å². The van der Waals surface area contributed by atoms with Crippen molar-refractivity contribution in [3.05, 3.63) is 71.0 Å². The number of hydroxylamine groups is 2. The van der Waals surface area contributed by atoms with Crippen LogP contribution in [-0.4, -0.2) is 72.3 Å². The molecule has 0 spiro atoms. The molecule has 1 amide bonds. The van der Waals surface area contributed by atoms with Crippen LogP contribution >= 0.6 is 11.3 Å². The third kappa shape index (κ3) is 6.92. The minimum absolute atomic E-state index is 0.0895. The first kappa shape index (κ1) is 24.9. The zero-order valence-electron chi connectivity index (χ0n) is 19.8. The topological polar surface area (TPSA) is 106 Å². The van der Waals surface area contributed by atoms with E-state index in [1.807, 2.05) is 29.3 Å². The highest BCUT2D eigenvalue weighted by atomic mass is 32.1. The van der Waals surface area contributed by atoms with Crippen molar-refractivity contribution in [2.45, 2.75) is 12.5 Å². The van der Waals surface area contributed by atoms with Crippen LogP contribution in [0, 0.1) is 0 Å². The SMILES string of the molecule is COc1ccc(-c2csc(C3C=CON3CCCN3CCOCC3)n2)cc1.NC(=O)c1ccc[nH]1. The minimum Gasteiger partial charge on any atom is -0.497 e. The zero-order valence-corrected chi connectivity index (χ0v) is 20.6. The summed E-state index contributed by atoms with van der Waals surface area (Å²) in [7, 11) is 1.68. The number of methoxy groups -OCH3 is 1. The molecule has 2 aromatic heterocycles. The monoisotopic (exact) mass is 497 g/mol. The van der Waals surface area contributed by atoms with Crippen LogP contribution in [0.4, 0.5) is 0 Å².